The molecule has 0 bridgehead atoms. The van der Waals surface area contributed by atoms with Gasteiger partial charge in [0.25, 0.3) is 0 Å². The van der Waals surface area contributed by atoms with Crippen LogP contribution in [0.5, 0.6) is 0 Å². The standard InChI is InChI=1S/C12H14NO.W/c1-9(2)10(3)7-11-5-6-12(14)13(4)8-11;/h3,5-7,9H,1-2,4H3;/q-1;/b10-7+;. The van der Waals surface area contributed by atoms with Crippen molar-refractivity contribution in [1.29, 1.82) is 0 Å². The molecule has 0 aromatic carbocycles. The number of nitrogens with zero attached hydrogens (tertiary/aromatic N) is 1. The van der Waals surface area contributed by atoms with E-state index in [4.69, 9.17) is 0 Å². The van der Waals surface area contributed by atoms with Crippen LogP contribution in [-0.2, 0) is 26.4 Å². The molecule has 0 spiro atoms. The van der Waals surface area contributed by atoms with Crippen molar-refractivity contribution in [2.75, 3.05) is 0 Å². The molecule has 0 unspecified atom stereocenters. The first kappa shape index (κ1) is 12.3. The molecule has 1 rings (SSSR count). The summed E-state index contributed by atoms with van der Waals surface area (Å²) in [4.78, 5) is 11.2. The first-order valence-electron chi connectivity index (χ1n) is 4.80. The van der Waals surface area contributed by atoms with Crippen molar-refractivity contribution in [3.63, 3.8) is 0 Å². The van der Waals surface area contributed by atoms with Crippen LogP contribution in [-0.4, -0.2) is 8.97 Å². The molecule has 0 aliphatic rings. The topological polar surface area (TPSA) is 22.0 Å². The molecule has 0 saturated heterocycles. The Morgan fingerprint density at radius 1 is 1.53 bits per heavy atom. The zero-order chi connectivity index (χ0) is 11.4. The summed E-state index contributed by atoms with van der Waals surface area (Å²) in [6, 6.07) is 3.38. The number of rotatable bonds is 3. The van der Waals surface area contributed by atoms with Gasteiger partial charge in [0, 0.05) is 0 Å². The van der Waals surface area contributed by atoms with Crippen LogP contribution in [0.25, 0.3) is 6.08 Å². The fourth-order valence-electron chi connectivity index (χ4n) is 1.16. The first-order chi connectivity index (χ1) is 7.04. The van der Waals surface area contributed by atoms with Gasteiger partial charge >= 0.3 is 101 Å². The molecule has 80 valence electrons. The van der Waals surface area contributed by atoms with E-state index in [0.717, 1.165) is 5.56 Å². The van der Waals surface area contributed by atoms with E-state index >= 15 is 0 Å². The van der Waals surface area contributed by atoms with Crippen molar-refractivity contribution < 1.29 is 19.4 Å². The number of pyridine rings is 1. The summed E-state index contributed by atoms with van der Waals surface area (Å²) >= 11 is 1.44. The fraction of sp³-hybridized carbons (Fsp3) is 0.333. The van der Waals surface area contributed by atoms with Gasteiger partial charge in [0.05, 0.1) is 0 Å². The Morgan fingerprint density at radius 3 is 2.67 bits per heavy atom. The molecule has 2 nitrogen and oxygen atoms in total. The van der Waals surface area contributed by atoms with Gasteiger partial charge < -0.3 is 0 Å². The van der Waals surface area contributed by atoms with Gasteiger partial charge in [0.1, 0.15) is 0 Å². The number of hydrogen-bond acceptors (Lipinski definition) is 1. The third-order valence-corrected chi connectivity index (χ3v) is 3.14. The minimum atomic E-state index is -0.0237. The van der Waals surface area contributed by atoms with Crippen molar-refractivity contribution >= 4 is 10.5 Å². The number of hydrogen-bond donors (Lipinski definition) is 0. The van der Waals surface area contributed by atoms with Crippen LogP contribution in [0.15, 0.2) is 22.5 Å². The van der Waals surface area contributed by atoms with E-state index in [-0.39, 0.29) is 5.56 Å². The Balaban J connectivity index is 3.12. The van der Waals surface area contributed by atoms with E-state index in [9.17, 15) is 4.79 Å². The van der Waals surface area contributed by atoms with Crippen molar-refractivity contribution in [2.45, 2.75) is 13.8 Å². The molecule has 0 aliphatic carbocycles. The number of aromatic nitrogens is 1. The van der Waals surface area contributed by atoms with Crippen LogP contribution < -0.4 is 5.56 Å². The Morgan fingerprint density at radius 2 is 2.20 bits per heavy atom. The Kier molecular flexibility index (Phi) is 4.41. The molecule has 0 amide bonds. The molecule has 0 aliphatic heterocycles. The average Bonchev–Trinajstić information content (AvgIpc) is 2.19. The summed E-state index contributed by atoms with van der Waals surface area (Å²) in [6.45, 7) is 4.32. The maximum atomic E-state index is 11.2. The molecule has 0 saturated carbocycles. The molecular weight excluding hydrogens is 358 g/mol. The van der Waals surface area contributed by atoms with Crippen LogP contribution in [0.1, 0.15) is 19.4 Å². The van der Waals surface area contributed by atoms with Crippen LogP contribution in [0, 0.1) is 12.1 Å². The molecule has 1 heterocycles. The number of allylic oxidation sites excluding steroid dienone is 1. The zero-order valence-electron chi connectivity index (χ0n) is 9.15. The van der Waals surface area contributed by atoms with Crippen LogP contribution in [0.3, 0.4) is 0 Å². The van der Waals surface area contributed by atoms with Crippen molar-refractivity contribution in [3.8, 4) is 0 Å². The summed E-state index contributed by atoms with van der Waals surface area (Å²) in [7, 11) is 1.72. The van der Waals surface area contributed by atoms with Gasteiger partial charge in [-0.15, -0.1) is 0 Å². The molecule has 0 N–H and O–H groups in total. The molecule has 3 heteroatoms. The normalized spacial score (nSPS) is 11.9. The molecule has 0 radical (unpaired) electrons. The summed E-state index contributed by atoms with van der Waals surface area (Å²) in [6.07, 6.45) is 5.09. The van der Waals surface area contributed by atoms with Gasteiger partial charge in [-0.3, -0.25) is 0 Å². The van der Waals surface area contributed by atoms with E-state index in [0.29, 0.717) is 5.92 Å². The molecule has 1 aromatic heterocycles. The van der Waals surface area contributed by atoms with Crippen LogP contribution in [0.2, 0.25) is 0 Å². The van der Waals surface area contributed by atoms with E-state index in [1.807, 2.05) is 6.07 Å². The van der Waals surface area contributed by atoms with Crippen LogP contribution in [0.4, 0.5) is 0 Å². The molecule has 0 atom stereocenters. The third-order valence-electron chi connectivity index (χ3n) is 2.16. The van der Waals surface area contributed by atoms with E-state index < -0.39 is 0 Å². The van der Waals surface area contributed by atoms with Crippen LogP contribution >= 0.6 is 0 Å². The Bertz CT molecular complexity index is 443. The predicted molar refractivity (Wildman–Crippen MR) is 59.4 cm³/mol. The Labute approximate surface area is 101 Å². The monoisotopic (exact) mass is 372 g/mol. The zero-order valence-corrected chi connectivity index (χ0v) is 12.1. The second-order valence-corrected chi connectivity index (χ2v) is 4.56. The minimum absolute atomic E-state index is 0.0237. The second kappa shape index (κ2) is 5.36. The third kappa shape index (κ3) is 3.39. The molecule has 15 heavy (non-hydrogen) atoms. The van der Waals surface area contributed by atoms with Gasteiger partial charge in [0.2, 0.25) is 0 Å². The van der Waals surface area contributed by atoms with Gasteiger partial charge in [-0.25, -0.2) is 0 Å². The second-order valence-electron chi connectivity index (χ2n) is 3.71. The van der Waals surface area contributed by atoms with Gasteiger partial charge in [-0.1, -0.05) is 0 Å². The van der Waals surface area contributed by atoms with Crippen molar-refractivity contribution in [2.24, 2.45) is 13.0 Å². The predicted octanol–water partition coefficient (Wildman–Crippen LogP) is 1.57. The first-order valence-corrected chi connectivity index (χ1v) is 6.50. The summed E-state index contributed by atoms with van der Waals surface area (Å²) < 4.78 is 3.65. The SMILES string of the molecule is CC(C)/C([CH]=[W])=C/c1[c-]n(C)c(=O)cc1. The van der Waals surface area contributed by atoms with E-state index in [2.05, 4.69) is 30.5 Å². The maximum absolute atomic E-state index is 11.2. The fourth-order valence-corrected chi connectivity index (χ4v) is 2.38. The summed E-state index contributed by atoms with van der Waals surface area (Å²) in [5.74, 6) is 0.508. The summed E-state index contributed by atoms with van der Waals surface area (Å²) in [5.41, 5.74) is 2.22. The number of aryl methyl sites for hydroxylation is 1. The van der Waals surface area contributed by atoms with Gasteiger partial charge in [-0.05, 0) is 0 Å². The molecule has 1 aromatic rings. The van der Waals surface area contributed by atoms with E-state index in [1.165, 1.54) is 29.5 Å². The Hall–Kier alpha value is -0.752. The molecular formula is C12H14NOW-. The quantitative estimate of drug-likeness (QED) is 0.739. The molecule has 0 fully saturated rings. The van der Waals surface area contributed by atoms with Gasteiger partial charge in [-0.2, -0.15) is 0 Å². The summed E-state index contributed by atoms with van der Waals surface area (Å²) in [5, 5.41) is 0. The average molecular weight is 372 g/mol. The van der Waals surface area contributed by atoms with Crippen molar-refractivity contribution in [1.82, 2.24) is 4.57 Å². The van der Waals surface area contributed by atoms with Gasteiger partial charge in [0.15, 0.2) is 0 Å². The van der Waals surface area contributed by atoms with E-state index in [1.54, 1.807) is 13.1 Å². The van der Waals surface area contributed by atoms with Crippen molar-refractivity contribution in [3.05, 3.63) is 39.8 Å².